The predicted molar refractivity (Wildman–Crippen MR) is 94.9 cm³/mol. The number of para-hydroxylation sites is 1. The maximum atomic E-state index is 12.3. The van der Waals surface area contributed by atoms with Crippen molar-refractivity contribution in [1.82, 2.24) is 20.2 Å². The lowest BCUT2D eigenvalue weighted by molar-refractivity contribution is 0.195. The van der Waals surface area contributed by atoms with E-state index in [1.54, 1.807) is 12.5 Å². The van der Waals surface area contributed by atoms with Crippen molar-refractivity contribution in [3.8, 4) is 5.69 Å². The Hall–Kier alpha value is -2.30. The minimum Gasteiger partial charge on any atom is -0.335 e. The normalized spacial score (nSPS) is 23.7. The Morgan fingerprint density at radius 3 is 2.92 bits per heavy atom. The zero-order valence-electron chi connectivity index (χ0n) is 14.4. The van der Waals surface area contributed by atoms with Crippen LogP contribution in [0, 0.1) is 11.8 Å². The van der Waals surface area contributed by atoms with Gasteiger partial charge in [0.05, 0.1) is 12.0 Å². The molecule has 1 aliphatic rings. The summed E-state index contributed by atoms with van der Waals surface area (Å²) in [5, 5.41) is 6.15. The number of nitrogens with one attached hydrogen (secondary N) is 2. The maximum Gasteiger partial charge on any atom is 0.315 e. The maximum absolute atomic E-state index is 12.3. The van der Waals surface area contributed by atoms with Gasteiger partial charge in [0.1, 0.15) is 0 Å². The van der Waals surface area contributed by atoms with Gasteiger partial charge in [-0.2, -0.15) is 0 Å². The average Bonchev–Trinajstić information content (AvgIpc) is 3.12. The summed E-state index contributed by atoms with van der Waals surface area (Å²) in [6.45, 7) is 5.01. The van der Waals surface area contributed by atoms with E-state index in [9.17, 15) is 4.79 Å². The Balaban J connectivity index is 1.59. The smallest absolute Gasteiger partial charge is 0.315 e. The molecule has 24 heavy (non-hydrogen) atoms. The molecule has 0 radical (unpaired) electrons. The summed E-state index contributed by atoms with van der Waals surface area (Å²) >= 11 is 0. The Bertz CT molecular complexity index is 668. The summed E-state index contributed by atoms with van der Waals surface area (Å²) in [5.41, 5.74) is 2.10. The van der Waals surface area contributed by atoms with Gasteiger partial charge in [0.25, 0.3) is 0 Å². The van der Waals surface area contributed by atoms with Crippen LogP contribution in [0.4, 0.5) is 4.79 Å². The van der Waals surface area contributed by atoms with Gasteiger partial charge < -0.3 is 15.2 Å². The Labute approximate surface area is 143 Å². The summed E-state index contributed by atoms with van der Waals surface area (Å²) in [6, 6.07) is 8.23. The second-order valence-electron chi connectivity index (χ2n) is 6.80. The number of carbonyl (C=O) groups is 1. The number of carbonyl (C=O) groups excluding carboxylic acids is 1. The summed E-state index contributed by atoms with van der Waals surface area (Å²) in [6.07, 6.45) is 8.96. The molecule has 1 heterocycles. The van der Waals surface area contributed by atoms with Crippen LogP contribution >= 0.6 is 0 Å². The molecule has 2 aromatic rings. The van der Waals surface area contributed by atoms with E-state index in [1.807, 2.05) is 35.0 Å². The second-order valence-corrected chi connectivity index (χ2v) is 6.80. The van der Waals surface area contributed by atoms with E-state index < -0.39 is 0 Å². The van der Waals surface area contributed by atoms with Crippen LogP contribution in [0.2, 0.25) is 0 Å². The molecule has 1 saturated carbocycles. The topological polar surface area (TPSA) is 59.0 Å². The van der Waals surface area contributed by atoms with Crippen LogP contribution in [0.5, 0.6) is 0 Å². The highest BCUT2D eigenvalue weighted by molar-refractivity contribution is 5.74. The van der Waals surface area contributed by atoms with E-state index in [4.69, 9.17) is 0 Å². The monoisotopic (exact) mass is 326 g/mol. The Kier molecular flexibility index (Phi) is 5.18. The molecule has 1 aromatic carbocycles. The first-order valence-electron chi connectivity index (χ1n) is 8.75. The number of hydrogen-bond donors (Lipinski definition) is 2. The van der Waals surface area contributed by atoms with Gasteiger partial charge in [-0.25, -0.2) is 9.78 Å². The molecule has 2 N–H and O–H groups in total. The Morgan fingerprint density at radius 2 is 2.12 bits per heavy atom. The highest BCUT2D eigenvalue weighted by atomic mass is 16.2. The quantitative estimate of drug-likeness (QED) is 0.903. The van der Waals surface area contributed by atoms with Crippen molar-refractivity contribution in [2.45, 2.75) is 45.7 Å². The van der Waals surface area contributed by atoms with Gasteiger partial charge in [-0.3, -0.25) is 0 Å². The Morgan fingerprint density at radius 1 is 1.29 bits per heavy atom. The van der Waals surface area contributed by atoms with Crippen LogP contribution in [-0.4, -0.2) is 21.6 Å². The molecule has 0 unspecified atom stereocenters. The van der Waals surface area contributed by atoms with Gasteiger partial charge in [0.15, 0.2) is 0 Å². The molecule has 128 valence electrons. The number of nitrogens with zero attached hydrogens (tertiary/aromatic N) is 2. The number of rotatable bonds is 4. The number of imidazole rings is 1. The fraction of sp³-hybridized carbons (Fsp3) is 0.474. The van der Waals surface area contributed by atoms with Crippen LogP contribution in [0.3, 0.4) is 0 Å². The van der Waals surface area contributed by atoms with Crippen molar-refractivity contribution >= 4 is 6.03 Å². The number of hydrogen-bond acceptors (Lipinski definition) is 2. The molecule has 2 amide bonds. The van der Waals surface area contributed by atoms with Crippen molar-refractivity contribution in [2.75, 3.05) is 0 Å². The SMILES string of the molecule is C[C@@H]1[C@H](C)CCC[C@@H]1NC(=O)NCc1ccccc1-n1ccnc1. The van der Waals surface area contributed by atoms with Crippen LogP contribution in [0.1, 0.15) is 38.7 Å². The molecule has 5 heteroatoms. The second kappa shape index (κ2) is 7.51. The van der Waals surface area contributed by atoms with E-state index >= 15 is 0 Å². The first-order valence-corrected chi connectivity index (χ1v) is 8.75. The molecule has 1 aromatic heterocycles. The fourth-order valence-electron chi connectivity index (χ4n) is 3.49. The first kappa shape index (κ1) is 16.6. The number of amides is 2. The van der Waals surface area contributed by atoms with Crippen LogP contribution < -0.4 is 10.6 Å². The highest BCUT2D eigenvalue weighted by Crippen LogP contribution is 2.29. The van der Waals surface area contributed by atoms with E-state index in [1.165, 1.54) is 12.8 Å². The van der Waals surface area contributed by atoms with Crippen molar-refractivity contribution in [1.29, 1.82) is 0 Å². The van der Waals surface area contributed by atoms with Crippen LogP contribution in [0.25, 0.3) is 5.69 Å². The highest BCUT2D eigenvalue weighted by Gasteiger charge is 2.28. The van der Waals surface area contributed by atoms with Gasteiger partial charge in [-0.05, 0) is 29.9 Å². The van der Waals surface area contributed by atoms with Crippen molar-refractivity contribution in [3.05, 3.63) is 48.5 Å². The lowest BCUT2D eigenvalue weighted by Crippen LogP contribution is -2.47. The number of benzene rings is 1. The number of urea groups is 1. The van der Waals surface area contributed by atoms with Crippen LogP contribution in [-0.2, 0) is 6.54 Å². The minimum absolute atomic E-state index is 0.0821. The van der Waals surface area contributed by atoms with Gasteiger partial charge in [-0.1, -0.05) is 44.9 Å². The average molecular weight is 326 g/mol. The van der Waals surface area contributed by atoms with Gasteiger partial charge in [-0.15, -0.1) is 0 Å². The van der Waals surface area contributed by atoms with E-state index in [2.05, 4.69) is 29.5 Å². The molecule has 0 aliphatic heterocycles. The van der Waals surface area contributed by atoms with E-state index in [0.29, 0.717) is 18.4 Å². The standard InChI is InChI=1S/C19H26N4O/c1-14-6-5-8-17(15(14)2)22-19(24)21-12-16-7-3-4-9-18(16)23-11-10-20-13-23/h3-4,7,9-11,13-15,17H,5-6,8,12H2,1-2H3,(H2,21,22,24)/t14-,15-,17+/m1/s1. The van der Waals surface area contributed by atoms with Crippen LogP contribution in [0.15, 0.2) is 43.0 Å². The first-order chi connectivity index (χ1) is 11.6. The van der Waals surface area contributed by atoms with Crippen molar-refractivity contribution in [3.63, 3.8) is 0 Å². The lowest BCUT2D eigenvalue weighted by atomic mass is 9.78. The molecule has 0 saturated heterocycles. The third-order valence-electron chi connectivity index (χ3n) is 5.24. The molecular formula is C19H26N4O. The van der Waals surface area contributed by atoms with Crippen molar-refractivity contribution < 1.29 is 4.79 Å². The molecule has 5 nitrogen and oxygen atoms in total. The largest absolute Gasteiger partial charge is 0.335 e. The minimum atomic E-state index is -0.0821. The zero-order chi connectivity index (χ0) is 16.9. The molecule has 0 spiro atoms. The lowest BCUT2D eigenvalue weighted by Gasteiger charge is -2.34. The summed E-state index contributed by atoms with van der Waals surface area (Å²) < 4.78 is 1.96. The predicted octanol–water partition coefficient (Wildman–Crippen LogP) is 3.50. The molecular weight excluding hydrogens is 300 g/mol. The third kappa shape index (κ3) is 3.78. The summed E-state index contributed by atoms with van der Waals surface area (Å²) in [5.74, 6) is 1.20. The molecule has 0 bridgehead atoms. The molecule has 3 rings (SSSR count). The van der Waals surface area contributed by atoms with Gasteiger partial charge in [0.2, 0.25) is 0 Å². The van der Waals surface area contributed by atoms with Gasteiger partial charge in [0, 0.05) is 25.0 Å². The fourth-order valence-corrected chi connectivity index (χ4v) is 3.49. The third-order valence-corrected chi connectivity index (χ3v) is 5.24. The molecule has 3 atom stereocenters. The summed E-state index contributed by atoms with van der Waals surface area (Å²) in [4.78, 5) is 16.4. The molecule has 1 aliphatic carbocycles. The van der Waals surface area contributed by atoms with E-state index in [-0.39, 0.29) is 12.1 Å². The zero-order valence-corrected chi connectivity index (χ0v) is 14.4. The summed E-state index contributed by atoms with van der Waals surface area (Å²) in [7, 11) is 0. The van der Waals surface area contributed by atoms with Gasteiger partial charge >= 0.3 is 6.03 Å². The van der Waals surface area contributed by atoms with E-state index in [0.717, 1.165) is 17.7 Å². The molecule has 1 fully saturated rings. The number of aromatic nitrogens is 2. The van der Waals surface area contributed by atoms with Crippen molar-refractivity contribution in [2.24, 2.45) is 11.8 Å².